The Morgan fingerprint density at radius 2 is 2.06 bits per heavy atom. The topological polar surface area (TPSA) is 86.0 Å². The van der Waals surface area contributed by atoms with E-state index in [0.29, 0.717) is 17.4 Å². The van der Waals surface area contributed by atoms with Crippen LogP contribution in [0.4, 0.5) is 11.5 Å². The second-order valence-corrected chi connectivity index (χ2v) is 3.68. The van der Waals surface area contributed by atoms with E-state index in [2.05, 4.69) is 20.3 Å². The highest BCUT2D eigenvalue weighted by Gasteiger charge is 2.07. The number of methoxy groups -OCH3 is 1. The van der Waals surface area contributed by atoms with Crippen LogP contribution in [0.2, 0.25) is 0 Å². The lowest BCUT2D eigenvalue weighted by molar-refractivity contribution is 0.399. The number of nitrogens with zero attached hydrogens (tertiary/aromatic N) is 3. The first-order valence-corrected chi connectivity index (χ1v) is 5.58. The minimum atomic E-state index is 0.386. The number of hydrogen-bond acceptors (Lipinski definition) is 6. The Morgan fingerprint density at radius 1 is 1.28 bits per heavy atom. The number of nitrogens with two attached hydrogens (primary N) is 1. The van der Waals surface area contributed by atoms with Gasteiger partial charge in [-0.1, -0.05) is 0 Å². The summed E-state index contributed by atoms with van der Waals surface area (Å²) in [6, 6.07) is 3.96. The predicted octanol–water partition coefficient (Wildman–Crippen LogP) is 1.12. The van der Waals surface area contributed by atoms with E-state index < -0.39 is 0 Å². The highest BCUT2D eigenvalue weighted by Crippen LogP contribution is 2.23. The van der Waals surface area contributed by atoms with E-state index in [4.69, 9.17) is 10.5 Å². The molecule has 18 heavy (non-hydrogen) atoms. The lowest BCUT2D eigenvalue weighted by Crippen LogP contribution is -2.10. The van der Waals surface area contributed by atoms with Crippen molar-refractivity contribution in [1.82, 2.24) is 15.0 Å². The zero-order valence-electron chi connectivity index (χ0n) is 10.1. The lowest BCUT2D eigenvalue weighted by Gasteiger charge is -2.09. The predicted molar refractivity (Wildman–Crippen MR) is 69.4 cm³/mol. The monoisotopic (exact) mass is 245 g/mol. The maximum Gasteiger partial charge on any atom is 0.242 e. The summed E-state index contributed by atoms with van der Waals surface area (Å²) in [7, 11) is 1.53. The Kier molecular flexibility index (Phi) is 3.90. The number of rotatable bonds is 5. The minimum Gasteiger partial charge on any atom is -0.479 e. The van der Waals surface area contributed by atoms with E-state index >= 15 is 0 Å². The van der Waals surface area contributed by atoms with Crippen molar-refractivity contribution in [3.63, 3.8) is 0 Å². The lowest BCUT2D eigenvalue weighted by atomic mass is 10.2. The van der Waals surface area contributed by atoms with Crippen molar-refractivity contribution in [3.8, 4) is 5.88 Å². The molecule has 0 amide bonds. The molecule has 3 N–H and O–H groups in total. The molecule has 0 aliphatic rings. The number of ether oxygens (including phenoxy) is 1. The van der Waals surface area contributed by atoms with Gasteiger partial charge in [0.1, 0.15) is 12.0 Å². The van der Waals surface area contributed by atoms with Crippen molar-refractivity contribution < 1.29 is 4.74 Å². The van der Waals surface area contributed by atoms with Crippen LogP contribution in [0.1, 0.15) is 5.56 Å². The first-order chi connectivity index (χ1) is 8.81. The fourth-order valence-electron chi connectivity index (χ4n) is 1.56. The molecule has 0 saturated heterocycles. The third kappa shape index (κ3) is 2.85. The van der Waals surface area contributed by atoms with Gasteiger partial charge in [0.2, 0.25) is 5.88 Å². The van der Waals surface area contributed by atoms with Gasteiger partial charge in [0.25, 0.3) is 0 Å². The van der Waals surface area contributed by atoms with E-state index in [-0.39, 0.29) is 0 Å². The molecule has 0 aromatic carbocycles. The summed E-state index contributed by atoms with van der Waals surface area (Å²) >= 11 is 0. The fourth-order valence-corrected chi connectivity index (χ4v) is 1.56. The van der Waals surface area contributed by atoms with Gasteiger partial charge in [-0.15, -0.1) is 0 Å². The van der Waals surface area contributed by atoms with Gasteiger partial charge in [0.15, 0.2) is 5.82 Å². The molecule has 2 rings (SSSR count). The molecule has 6 heteroatoms. The molecule has 0 bridgehead atoms. The average molecular weight is 245 g/mol. The van der Waals surface area contributed by atoms with Crippen LogP contribution in [0.5, 0.6) is 5.88 Å². The summed E-state index contributed by atoms with van der Waals surface area (Å²) in [6.07, 6.45) is 5.84. The summed E-state index contributed by atoms with van der Waals surface area (Å²) in [5.74, 6) is 0.979. The summed E-state index contributed by atoms with van der Waals surface area (Å²) in [5.41, 5.74) is 7.48. The van der Waals surface area contributed by atoms with Crippen molar-refractivity contribution in [2.45, 2.75) is 6.42 Å². The summed E-state index contributed by atoms with van der Waals surface area (Å²) < 4.78 is 5.03. The zero-order chi connectivity index (χ0) is 12.8. The van der Waals surface area contributed by atoms with Crippen molar-refractivity contribution in [3.05, 3.63) is 36.4 Å². The van der Waals surface area contributed by atoms with Gasteiger partial charge in [-0.3, -0.25) is 4.98 Å². The Balaban J connectivity index is 1.95. The van der Waals surface area contributed by atoms with Gasteiger partial charge in [0.05, 0.1) is 7.11 Å². The van der Waals surface area contributed by atoms with Gasteiger partial charge < -0.3 is 15.8 Å². The molecule has 6 nitrogen and oxygen atoms in total. The van der Waals surface area contributed by atoms with Crippen molar-refractivity contribution in [2.75, 3.05) is 24.7 Å². The quantitative estimate of drug-likeness (QED) is 0.820. The summed E-state index contributed by atoms with van der Waals surface area (Å²) in [5, 5.41) is 3.16. The Labute approximate surface area is 105 Å². The number of anilines is 2. The smallest absolute Gasteiger partial charge is 0.242 e. The molecule has 0 spiro atoms. The molecule has 0 unspecified atom stereocenters. The number of nitrogen functional groups attached to an aromatic ring is 1. The molecule has 2 aromatic rings. The Bertz CT molecular complexity index is 503. The second kappa shape index (κ2) is 5.81. The van der Waals surface area contributed by atoms with Gasteiger partial charge >= 0.3 is 0 Å². The molecular weight excluding hydrogens is 230 g/mol. The minimum absolute atomic E-state index is 0.386. The maximum atomic E-state index is 5.85. The van der Waals surface area contributed by atoms with E-state index in [9.17, 15) is 0 Å². The normalized spacial score (nSPS) is 10.1. The zero-order valence-corrected chi connectivity index (χ0v) is 10.1. The Morgan fingerprint density at radius 3 is 2.78 bits per heavy atom. The average Bonchev–Trinajstić information content (AvgIpc) is 2.42. The SMILES string of the molecule is COc1ncnc(NCCc2ccncc2)c1N. The number of pyridine rings is 1. The van der Waals surface area contributed by atoms with Crippen molar-refractivity contribution in [2.24, 2.45) is 0 Å². The second-order valence-electron chi connectivity index (χ2n) is 3.68. The van der Waals surface area contributed by atoms with Gasteiger partial charge in [-0.25, -0.2) is 4.98 Å². The maximum absolute atomic E-state index is 5.85. The molecule has 0 aliphatic carbocycles. The fraction of sp³-hybridized carbons (Fsp3) is 0.250. The van der Waals surface area contributed by atoms with Crippen LogP contribution < -0.4 is 15.8 Å². The van der Waals surface area contributed by atoms with Crippen LogP contribution in [-0.4, -0.2) is 28.6 Å². The van der Waals surface area contributed by atoms with Crippen molar-refractivity contribution in [1.29, 1.82) is 0 Å². The molecular formula is C12H15N5O. The number of nitrogens with one attached hydrogen (secondary N) is 1. The first kappa shape index (κ1) is 12.1. The summed E-state index contributed by atoms with van der Waals surface area (Å²) in [4.78, 5) is 12.0. The van der Waals surface area contributed by atoms with E-state index in [1.54, 1.807) is 12.4 Å². The Hall–Kier alpha value is -2.37. The van der Waals surface area contributed by atoms with Crippen LogP contribution in [-0.2, 0) is 6.42 Å². The standard InChI is InChI=1S/C12H15N5O/c1-18-12-10(13)11(16-8-17-12)15-7-4-9-2-5-14-6-3-9/h2-3,5-6,8H,4,7,13H2,1H3,(H,15,16,17). The van der Waals surface area contributed by atoms with Gasteiger partial charge in [-0.05, 0) is 24.1 Å². The molecule has 2 heterocycles. The molecule has 2 aromatic heterocycles. The molecule has 0 aliphatic heterocycles. The van der Waals surface area contributed by atoms with E-state index in [1.807, 2.05) is 12.1 Å². The highest BCUT2D eigenvalue weighted by molar-refractivity contribution is 5.66. The molecule has 0 saturated carbocycles. The molecule has 0 fully saturated rings. The third-order valence-corrected chi connectivity index (χ3v) is 2.50. The van der Waals surface area contributed by atoms with Crippen LogP contribution in [0, 0.1) is 0 Å². The van der Waals surface area contributed by atoms with Gasteiger partial charge in [0, 0.05) is 18.9 Å². The van der Waals surface area contributed by atoms with Crippen LogP contribution >= 0.6 is 0 Å². The van der Waals surface area contributed by atoms with E-state index in [1.165, 1.54) is 19.0 Å². The molecule has 94 valence electrons. The highest BCUT2D eigenvalue weighted by atomic mass is 16.5. The molecule has 0 radical (unpaired) electrons. The summed E-state index contributed by atoms with van der Waals surface area (Å²) in [6.45, 7) is 0.731. The number of hydrogen-bond donors (Lipinski definition) is 2. The largest absolute Gasteiger partial charge is 0.479 e. The number of aromatic nitrogens is 3. The third-order valence-electron chi connectivity index (χ3n) is 2.50. The first-order valence-electron chi connectivity index (χ1n) is 5.58. The van der Waals surface area contributed by atoms with Gasteiger partial charge in [-0.2, -0.15) is 4.98 Å². The molecule has 0 atom stereocenters. The van der Waals surface area contributed by atoms with Crippen LogP contribution in [0.25, 0.3) is 0 Å². The van der Waals surface area contributed by atoms with Crippen LogP contribution in [0.3, 0.4) is 0 Å². The van der Waals surface area contributed by atoms with Crippen LogP contribution in [0.15, 0.2) is 30.9 Å². The van der Waals surface area contributed by atoms with E-state index in [0.717, 1.165) is 13.0 Å². The van der Waals surface area contributed by atoms with Crippen molar-refractivity contribution >= 4 is 11.5 Å².